The van der Waals surface area contributed by atoms with E-state index in [4.69, 9.17) is 17.3 Å². The Labute approximate surface area is 102 Å². The molecular weight excluding hydrogens is 225 g/mol. The topological polar surface area (TPSA) is 26.0 Å². The van der Waals surface area contributed by atoms with Gasteiger partial charge in [0.15, 0.2) is 0 Å². The van der Waals surface area contributed by atoms with Gasteiger partial charge in [-0.15, -0.1) is 0 Å². The first kappa shape index (κ1) is 13.5. The zero-order valence-corrected chi connectivity index (χ0v) is 10.6. The second-order valence-electron chi connectivity index (χ2n) is 4.26. The quantitative estimate of drug-likeness (QED) is 0.823. The summed E-state index contributed by atoms with van der Waals surface area (Å²) < 4.78 is 13.9. The van der Waals surface area contributed by atoms with Gasteiger partial charge in [-0.1, -0.05) is 50.4 Å². The van der Waals surface area contributed by atoms with Crippen molar-refractivity contribution in [2.24, 2.45) is 5.73 Å². The van der Waals surface area contributed by atoms with Crippen LogP contribution in [0.2, 0.25) is 5.02 Å². The highest BCUT2D eigenvalue weighted by atomic mass is 35.5. The summed E-state index contributed by atoms with van der Waals surface area (Å²) in [5.41, 5.74) is 6.27. The van der Waals surface area contributed by atoms with Crippen molar-refractivity contribution in [1.82, 2.24) is 0 Å². The van der Waals surface area contributed by atoms with Gasteiger partial charge in [-0.05, 0) is 18.9 Å². The van der Waals surface area contributed by atoms with Gasteiger partial charge in [-0.2, -0.15) is 0 Å². The van der Waals surface area contributed by atoms with Crippen LogP contribution >= 0.6 is 11.6 Å². The molecule has 0 amide bonds. The van der Waals surface area contributed by atoms with Crippen LogP contribution in [-0.2, 0) is 5.54 Å². The lowest BCUT2D eigenvalue weighted by atomic mass is 9.82. The molecule has 0 heterocycles. The molecule has 0 aliphatic carbocycles. The van der Waals surface area contributed by atoms with Gasteiger partial charge < -0.3 is 5.73 Å². The third-order valence-electron chi connectivity index (χ3n) is 2.88. The Morgan fingerprint density at radius 3 is 2.31 bits per heavy atom. The molecule has 3 heteroatoms. The predicted octanol–water partition coefficient (Wildman–Crippen LogP) is 4.23. The second kappa shape index (κ2) is 5.65. The maximum Gasteiger partial charge on any atom is 0.146 e. The Bertz CT molecular complexity index is 346. The Morgan fingerprint density at radius 2 is 1.81 bits per heavy atom. The molecule has 2 N–H and O–H groups in total. The van der Waals surface area contributed by atoms with Crippen molar-refractivity contribution in [2.45, 2.75) is 45.1 Å². The molecule has 0 saturated heterocycles. The van der Waals surface area contributed by atoms with E-state index < -0.39 is 5.54 Å². The molecule has 0 aliphatic rings. The van der Waals surface area contributed by atoms with Gasteiger partial charge in [0.1, 0.15) is 5.82 Å². The number of rotatable bonds is 5. The molecule has 0 aromatic heterocycles. The first-order valence-electron chi connectivity index (χ1n) is 5.78. The Kier molecular flexibility index (Phi) is 4.75. The van der Waals surface area contributed by atoms with Crippen molar-refractivity contribution < 1.29 is 4.39 Å². The molecule has 0 bridgehead atoms. The fraction of sp³-hybridized carbons (Fsp3) is 0.538. The van der Waals surface area contributed by atoms with Crippen LogP contribution in [0.5, 0.6) is 0 Å². The van der Waals surface area contributed by atoms with E-state index in [1.54, 1.807) is 18.2 Å². The van der Waals surface area contributed by atoms with Crippen LogP contribution in [0.4, 0.5) is 4.39 Å². The molecule has 16 heavy (non-hydrogen) atoms. The number of nitrogens with two attached hydrogens (primary N) is 1. The third-order valence-corrected chi connectivity index (χ3v) is 3.17. The van der Waals surface area contributed by atoms with Gasteiger partial charge in [-0.3, -0.25) is 0 Å². The van der Waals surface area contributed by atoms with Crippen molar-refractivity contribution in [1.29, 1.82) is 0 Å². The lowest BCUT2D eigenvalue weighted by molar-refractivity contribution is 0.354. The molecule has 0 fully saturated rings. The second-order valence-corrected chi connectivity index (χ2v) is 4.66. The summed E-state index contributed by atoms with van der Waals surface area (Å²) in [6.07, 6.45) is 3.42. The highest BCUT2D eigenvalue weighted by Gasteiger charge is 2.29. The minimum Gasteiger partial charge on any atom is -0.321 e. The Hall–Kier alpha value is -0.600. The van der Waals surface area contributed by atoms with Crippen LogP contribution in [0.1, 0.15) is 45.1 Å². The van der Waals surface area contributed by atoms with Crippen molar-refractivity contribution >= 4 is 11.6 Å². The van der Waals surface area contributed by atoms with Gasteiger partial charge in [0.2, 0.25) is 0 Å². The summed E-state index contributed by atoms with van der Waals surface area (Å²) in [5.74, 6) is -0.367. The summed E-state index contributed by atoms with van der Waals surface area (Å²) in [7, 11) is 0. The molecule has 0 aliphatic heterocycles. The van der Waals surface area contributed by atoms with Crippen molar-refractivity contribution in [3.05, 3.63) is 34.6 Å². The smallest absolute Gasteiger partial charge is 0.146 e. The molecule has 0 spiro atoms. The predicted molar refractivity (Wildman–Crippen MR) is 67.1 cm³/mol. The fourth-order valence-corrected chi connectivity index (χ4v) is 2.35. The Morgan fingerprint density at radius 1 is 1.25 bits per heavy atom. The van der Waals surface area contributed by atoms with Crippen LogP contribution in [-0.4, -0.2) is 0 Å². The van der Waals surface area contributed by atoms with E-state index in [0.717, 1.165) is 25.7 Å². The normalized spacial score (nSPS) is 11.8. The lowest BCUT2D eigenvalue weighted by Gasteiger charge is -2.30. The molecule has 1 nitrogen and oxygen atoms in total. The molecule has 1 aromatic carbocycles. The maximum absolute atomic E-state index is 13.9. The monoisotopic (exact) mass is 243 g/mol. The standard InChI is InChI=1S/C13H19ClFN/c1-3-8-13(16,9-4-2)10-6-5-7-11(14)12(10)15/h5-7H,3-4,8-9,16H2,1-2H3. The van der Waals surface area contributed by atoms with Crippen LogP contribution in [0.15, 0.2) is 18.2 Å². The molecule has 1 aromatic rings. The van der Waals surface area contributed by atoms with Gasteiger partial charge in [0.25, 0.3) is 0 Å². The van der Waals surface area contributed by atoms with E-state index >= 15 is 0 Å². The number of halogens is 2. The van der Waals surface area contributed by atoms with Gasteiger partial charge >= 0.3 is 0 Å². The zero-order valence-electron chi connectivity index (χ0n) is 9.89. The third kappa shape index (κ3) is 2.74. The largest absolute Gasteiger partial charge is 0.321 e. The Balaban J connectivity index is 3.15. The van der Waals surface area contributed by atoms with Crippen molar-refractivity contribution in [3.63, 3.8) is 0 Å². The summed E-state index contributed by atoms with van der Waals surface area (Å²) >= 11 is 5.79. The highest BCUT2D eigenvalue weighted by Crippen LogP contribution is 2.33. The van der Waals surface area contributed by atoms with Gasteiger partial charge in [-0.25, -0.2) is 4.39 Å². The summed E-state index contributed by atoms with van der Waals surface area (Å²) in [6, 6.07) is 5.05. The van der Waals surface area contributed by atoms with Gasteiger partial charge in [0.05, 0.1) is 5.02 Å². The van der Waals surface area contributed by atoms with E-state index in [2.05, 4.69) is 13.8 Å². The maximum atomic E-state index is 13.9. The number of benzene rings is 1. The molecule has 0 radical (unpaired) electrons. The minimum absolute atomic E-state index is 0.152. The van der Waals surface area contributed by atoms with Crippen LogP contribution in [0, 0.1) is 5.82 Å². The average molecular weight is 244 g/mol. The summed E-state index contributed by atoms with van der Waals surface area (Å²) in [4.78, 5) is 0. The molecule has 0 saturated carbocycles. The molecular formula is C13H19ClFN. The first-order chi connectivity index (χ1) is 7.55. The van der Waals surface area contributed by atoms with E-state index in [0.29, 0.717) is 5.56 Å². The first-order valence-corrected chi connectivity index (χ1v) is 6.16. The van der Waals surface area contributed by atoms with Crippen LogP contribution in [0.25, 0.3) is 0 Å². The fourth-order valence-electron chi connectivity index (χ4n) is 2.17. The molecule has 0 unspecified atom stereocenters. The molecule has 90 valence electrons. The van der Waals surface area contributed by atoms with Gasteiger partial charge in [0, 0.05) is 11.1 Å². The van der Waals surface area contributed by atoms with E-state index in [-0.39, 0.29) is 10.8 Å². The number of hydrogen-bond acceptors (Lipinski definition) is 1. The zero-order chi connectivity index (χ0) is 12.2. The highest BCUT2D eigenvalue weighted by molar-refractivity contribution is 6.30. The lowest BCUT2D eigenvalue weighted by Crippen LogP contribution is -2.37. The van der Waals surface area contributed by atoms with E-state index in [1.807, 2.05) is 0 Å². The van der Waals surface area contributed by atoms with Crippen molar-refractivity contribution in [2.75, 3.05) is 0 Å². The van der Waals surface area contributed by atoms with E-state index in [9.17, 15) is 4.39 Å². The number of hydrogen-bond donors (Lipinski definition) is 1. The SMILES string of the molecule is CCCC(N)(CCC)c1cccc(Cl)c1F. The minimum atomic E-state index is -0.585. The van der Waals surface area contributed by atoms with Crippen molar-refractivity contribution in [3.8, 4) is 0 Å². The average Bonchev–Trinajstić information content (AvgIpc) is 2.22. The summed E-state index contributed by atoms with van der Waals surface area (Å²) in [6.45, 7) is 4.11. The summed E-state index contributed by atoms with van der Waals surface area (Å²) in [5, 5.41) is 0.152. The molecule has 1 rings (SSSR count). The van der Waals surface area contributed by atoms with E-state index in [1.165, 1.54) is 0 Å². The molecule has 0 atom stereocenters. The van der Waals surface area contributed by atoms with Crippen LogP contribution in [0.3, 0.4) is 0 Å². The van der Waals surface area contributed by atoms with Crippen LogP contribution < -0.4 is 5.73 Å².